The lowest BCUT2D eigenvalue weighted by Gasteiger charge is -2.14. The lowest BCUT2D eigenvalue weighted by atomic mass is 10.1. The van der Waals surface area contributed by atoms with Crippen molar-refractivity contribution in [3.05, 3.63) is 53.3 Å². The van der Waals surface area contributed by atoms with Crippen molar-refractivity contribution in [3.8, 4) is 5.75 Å². The van der Waals surface area contributed by atoms with Gasteiger partial charge in [-0.25, -0.2) is 0 Å². The van der Waals surface area contributed by atoms with Crippen LogP contribution in [0.2, 0.25) is 0 Å². The van der Waals surface area contributed by atoms with Gasteiger partial charge in [0.05, 0.1) is 6.20 Å². The van der Waals surface area contributed by atoms with Crippen LogP contribution in [0.3, 0.4) is 0 Å². The number of rotatable bonds is 4. The van der Waals surface area contributed by atoms with Crippen molar-refractivity contribution in [2.45, 2.75) is 20.5 Å². The maximum Gasteiger partial charge on any atom is 0.140 e. The standard InChI is InChI=1S/C15H18N2O/c1-11-5-4-6-14(16-3)13(11)10-18-15-9-17-8-7-12(15)2/h4-9,16H,10H2,1-3H3. The van der Waals surface area contributed by atoms with Crippen LogP contribution in [0.25, 0.3) is 0 Å². The van der Waals surface area contributed by atoms with E-state index in [2.05, 4.69) is 29.4 Å². The van der Waals surface area contributed by atoms with Crippen LogP contribution in [0, 0.1) is 13.8 Å². The van der Waals surface area contributed by atoms with Gasteiger partial charge in [-0.2, -0.15) is 0 Å². The number of nitrogens with one attached hydrogen (secondary N) is 1. The van der Waals surface area contributed by atoms with Gasteiger partial charge in [0.25, 0.3) is 0 Å². The van der Waals surface area contributed by atoms with Gasteiger partial charge in [0.2, 0.25) is 0 Å². The van der Waals surface area contributed by atoms with Gasteiger partial charge in [-0.1, -0.05) is 12.1 Å². The summed E-state index contributed by atoms with van der Waals surface area (Å²) in [6, 6.07) is 8.14. The van der Waals surface area contributed by atoms with Crippen molar-refractivity contribution in [2.75, 3.05) is 12.4 Å². The molecule has 2 rings (SSSR count). The third-order valence-electron chi connectivity index (χ3n) is 3.04. The Morgan fingerprint density at radius 1 is 1.17 bits per heavy atom. The summed E-state index contributed by atoms with van der Waals surface area (Å²) < 4.78 is 5.84. The summed E-state index contributed by atoms with van der Waals surface area (Å²) in [5.74, 6) is 0.836. The fourth-order valence-electron chi connectivity index (χ4n) is 1.88. The lowest BCUT2D eigenvalue weighted by molar-refractivity contribution is 0.302. The molecule has 1 heterocycles. The fraction of sp³-hybridized carbons (Fsp3) is 0.267. The highest BCUT2D eigenvalue weighted by Gasteiger charge is 2.06. The van der Waals surface area contributed by atoms with Crippen molar-refractivity contribution in [1.82, 2.24) is 4.98 Å². The highest BCUT2D eigenvalue weighted by molar-refractivity contribution is 5.53. The number of aryl methyl sites for hydroxylation is 2. The van der Waals surface area contributed by atoms with Gasteiger partial charge in [-0.3, -0.25) is 4.98 Å². The first-order chi connectivity index (χ1) is 8.72. The lowest BCUT2D eigenvalue weighted by Crippen LogP contribution is -2.03. The first-order valence-electron chi connectivity index (χ1n) is 6.02. The molecule has 2 aromatic rings. The Bertz CT molecular complexity index is 538. The van der Waals surface area contributed by atoms with E-state index in [-0.39, 0.29) is 0 Å². The number of aromatic nitrogens is 1. The maximum atomic E-state index is 5.84. The molecule has 3 heteroatoms. The van der Waals surface area contributed by atoms with E-state index < -0.39 is 0 Å². The molecule has 0 spiro atoms. The van der Waals surface area contributed by atoms with E-state index >= 15 is 0 Å². The number of ether oxygens (including phenoxy) is 1. The normalized spacial score (nSPS) is 10.2. The molecule has 1 aromatic carbocycles. The number of benzene rings is 1. The molecule has 0 atom stereocenters. The van der Waals surface area contributed by atoms with Crippen molar-refractivity contribution >= 4 is 5.69 Å². The van der Waals surface area contributed by atoms with E-state index in [1.807, 2.05) is 26.1 Å². The minimum Gasteiger partial charge on any atom is -0.487 e. The number of pyridine rings is 1. The Labute approximate surface area is 108 Å². The molecule has 0 amide bonds. The molecule has 0 saturated heterocycles. The summed E-state index contributed by atoms with van der Waals surface area (Å²) in [6.07, 6.45) is 3.53. The molecule has 0 bridgehead atoms. The van der Waals surface area contributed by atoms with E-state index in [1.165, 1.54) is 11.1 Å². The Morgan fingerprint density at radius 3 is 2.72 bits per heavy atom. The largest absolute Gasteiger partial charge is 0.487 e. The van der Waals surface area contributed by atoms with Crippen LogP contribution in [0.15, 0.2) is 36.7 Å². The topological polar surface area (TPSA) is 34.1 Å². The fourth-order valence-corrected chi connectivity index (χ4v) is 1.88. The molecule has 1 N–H and O–H groups in total. The smallest absolute Gasteiger partial charge is 0.140 e. The third-order valence-corrected chi connectivity index (χ3v) is 3.04. The van der Waals surface area contributed by atoms with Gasteiger partial charge in [0.15, 0.2) is 0 Å². The number of hydrogen-bond acceptors (Lipinski definition) is 3. The number of nitrogens with zero attached hydrogens (tertiary/aromatic N) is 1. The molecule has 0 aliphatic heterocycles. The molecule has 0 radical (unpaired) electrons. The van der Waals surface area contributed by atoms with Crippen LogP contribution in [0.4, 0.5) is 5.69 Å². The summed E-state index contributed by atoms with van der Waals surface area (Å²) in [6.45, 7) is 4.67. The summed E-state index contributed by atoms with van der Waals surface area (Å²) in [5.41, 5.74) is 4.62. The zero-order chi connectivity index (χ0) is 13.0. The first-order valence-corrected chi connectivity index (χ1v) is 6.02. The van der Waals surface area contributed by atoms with Crippen LogP contribution < -0.4 is 10.1 Å². The zero-order valence-electron chi connectivity index (χ0n) is 11.0. The van der Waals surface area contributed by atoms with E-state index in [0.29, 0.717) is 6.61 Å². The second kappa shape index (κ2) is 5.54. The van der Waals surface area contributed by atoms with Gasteiger partial charge < -0.3 is 10.1 Å². The van der Waals surface area contributed by atoms with Crippen LogP contribution >= 0.6 is 0 Å². The first kappa shape index (κ1) is 12.4. The Kier molecular flexibility index (Phi) is 3.82. The zero-order valence-corrected chi connectivity index (χ0v) is 11.0. The van der Waals surface area contributed by atoms with Crippen molar-refractivity contribution in [1.29, 1.82) is 0 Å². The summed E-state index contributed by atoms with van der Waals surface area (Å²) in [4.78, 5) is 4.08. The van der Waals surface area contributed by atoms with Gasteiger partial charge in [0, 0.05) is 24.5 Å². The average molecular weight is 242 g/mol. The quantitative estimate of drug-likeness (QED) is 0.893. The summed E-state index contributed by atoms with van der Waals surface area (Å²) in [7, 11) is 1.92. The monoisotopic (exact) mass is 242 g/mol. The highest BCUT2D eigenvalue weighted by Crippen LogP contribution is 2.22. The van der Waals surface area contributed by atoms with Crippen molar-refractivity contribution < 1.29 is 4.74 Å². The van der Waals surface area contributed by atoms with Crippen LogP contribution in [-0.2, 0) is 6.61 Å². The van der Waals surface area contributed by atoms with Crippen LogP contribution in [-0.4, -0.2) is 12.0 Å². The molecule has 0 saturated carbocycles. The molecule has 18 heavy (non-hydrogen) atoms. The highest BCUT2D eigenvalue weighted by atomic mass is 16.5. The third kappa shape index (κ3) is 2.62. The Balaban J connectivity index is 2.18. The average Bonchev–Trinajstić information content (AvgIpc) is 2.39. The molecule has 0 fully saturated rings. The second-order valence-electron chi connectivity index (χ2n) is 4.28. The van der Waals surface area contributed by atoms with Crippen molar-refractivity contribution in [3.63, 3.8) is 0 Å². The SMILES string of the molecule is CNc1cccc(C)c1COc1cnccc1C. The minimum absolute atomic E-state index is 0.551. The van der Waals surface area contributed by atoms with E-state index in [9.17, 15) is 0 Å². The van der Waals surface area contributed by atoms with E-state index in [1.54, 1.807) is 12.4 Å². The minimum atomic E-state index is 0.551. The van der Waals surface area contributed by atoms with Gasteiger partial charge in [-0.15, -0.1) is 0 Å². The van der Waals surface area contributed by atoms with E-state index in [4.69, 9.17) is 4.74 Å². The Morgan fingerprint density at radius 2 is 2.00 bits per heavy atom. The van der Waals surface area contributed by atoms with Crippen molar-refractivity contribution in [2.24, 2.45) is 0 Å². The Hall–Kier alpha value is -2.03. The van der Waals surface area contributed by atoms with Gasteiger partial charge in [0.1, 0.15) is 12.4 Å². The molecular formula is C15H18N2O. The summed E-state index contributed by atoms with van der Waals surface area (Å²) >= 11 is 0. The molecule has 1 aromatic heterocycles. The van der Waals surface area contributed by atoms with Gasteiger partial charge in [-0.05, 0) is 37.1 Å². The second-order valence-corrected chi connectivity index (χ2v) is 4.28. The molecule has 94 valence electrons. The number of anilines is 1. The molecule has 0 aliphatic carbocycles. The van der Waals surface area contributed by atoms with Crippen LogP contribution in [0.5, 0.6) is 5.75 Å². The van der Waals surface area contributed by atoms with E-state index in [0.717, 1.165) is 17.0 Å². The molecule has 3 nitrogen and oxygen atoms in total. The van der Waals surface area contributed by atoms with Crippen LogP contribution in [0.1, 0.15) is 16.7 Å². The molecule has 0 aliphatic rings. The number of hydrogen-bond donors (Lipinski definition) is 1. The predicted molar refractivity (Wildman–Crippen MR) is 74.0 cm³/mol. The molecular weight excluding hydrogens is 224 g/mol. The summed E-state index contributed by atoms with van der Waals surface area (Å²) in [5, 5.41) is 3.19. The maximum absolute atomic E-state index is 5.84. The molecule has 0 unspecified atom stereocenters. The van der Waals surface area contributed by atoms with Gasteiger partial charge >= 0.3 is 0 Å². The predicted octanol–water partition coefficient (Wildman–Crippen LogP) is 3.32.